The summed E-state index contributed by atoms with van der Waals surface area (Å²) in [6, 6.07) is 1.52. The third-order valence-corrected chi connectivity index (χ3v) is 3.66. The van der Waals surface area contributed by atoms with Gasteiger partial charge in [0.2, 0.25) is 0 Å². The Bertz CT molecular complexity index is 512. The lowest BCUT2D eigenvalue weighted by Crippen LogP contribution is -2.24. The fourth-order valence-electron chi connectivity index (χ4n) is 2.42. The lowest BCUT2D eigenvalue weighted by molar-refractivity contribution is 0.249. The van der Waals surface area contributed by atoms with Crippen molar-refractivity contribution in [2.75, 3.05) is 0 Å². The van der Waals surface area contributed by atoms with Gasteiger partial charge in [-0.25, -0.2) is 10.2 Å². The van der Waals surface area contributed by atoms with Gasteiger partial charge in [-0.3, -0.25) is 0 Å². The summed E-state index contributed by atoms with van der Waals surface area (Å²) in [6.07, 6.45) is 4.40. The van der Waals surface area contributed by atoms with Crippen molar-refractivity contribution in [1.82, 2.24) is 5.43 Å². The van der Waals surface area contributed by atoms with E-state index < -0.39 is 6.03 Å². The molecule has 1 rings (SSSR count). The highest BCUT2D eigenvalue weighted by Crippen LogP contribution is 2.26. The van der Waals surface area contributed by atoms with E-state index in [2.05, 4.69) is 37.4 Å². The van der Waals surface area contributed by atoms with Crippen LogP contribution in [-0.4, -0.2) is 12.2 Å². The van der Waals surface area contributed by atoms with E-state index in [0.717, 1.165) is 24.8 Å². The zero-order valence-corrected chi connectivity index (χ0v) is 13.0. The molecular formula is C15H22ClN3O. The van der Waals surface area contributed by atoms with Crippen LogP contribution < -0.4 is 11.2 Å². The molecule has 110 valence electrons. The molecule has 0 unspecified atom stereocenters. The Balaban J connectivity index is 3.38. The van der Waals surface area contributed by atoms with Gasteiger partial charge < -0.3 is 5.73 Å². The predicted molar refractivity (Wildman–Crippen MR) is 84.4 cm³/mol. The van der Waals surface area contributed by atoms with Crippen LogP contribution in [0.3, 0.4) is 0 Å². The first kappa shape index (κ1) is 16.5. The molecule has 0 bridgehead atoms. The molecule has 0 aliphatic heterocycles. The summed E-state index contributed by atoms with van der Waals surface area (Å²) < 4.78 is 0. The average Bonchev–Trinajstić information content (AvgIpc) is 2.45. The van der Waals surface area contributed by atoms with E-state index in [1.165, 1.54) is 22.3 Å². The van der Waals surface area contributed by atoms with E-state index in [4.69, 9.17) is 17.3 Å². The number of nitrogens with zero attached hydrogens (tertiary/aromatic N) is 1. The molecule has 0 spiro atoms. The van der Waals surface area contributed by atoms with Crippen molar-refractivity contribution in [3.8, 4) is 0 Å². The molecule has 0 saturated heterocycles. The lowest BCUT2D eigenvalue weighted by Gasteiger charge is -2.17. The van der Waals surface area contributed by atoms with Crippen molar-refractivity contribution in [3.05, 3.63) is 33.9 Å². The zero-order valence-electron chi connectivity index (χ0n) is 12.3. The number of amides is 2. The summed E-state index contributed by atoms with van der Waals surface area (Å²) in [4.78, 5) is 10.7. The van der Waals surface area contributed by atoms with Gasteiger partial charge in [0.1, 0.15) is 0 Å². The molecule has 2 amide bonds. The zero-order chi connectivity index (χ0) is 15.1. The summed E-state index contributed by atoms with van der Waals surface area (Å²) in [5, 5.41) is 3.90. The van der Waals surface area contributed by atoms with Crippen LogP contribution in [0.15, 0.2) is 11.2 Å². The first-order chi connectivity index (χ1) is 9.58. The van der Waals surface area contributed by atoms with Gasteiger partial charge >= 0.3 is 6.03 Å². The highest BCUT2D eigenvalue weighted by Gasteiger charge is 2.13. The number of primary amides is 1. The molecule has 20 heavy (non-hydrogen) atoms. The minimum atomic E-state index is -0.667. The smallest absolute Gasteiger partial charge is 0.332 e. The Morgan fingerprint density at radius 1 is 1.25 bits per heavy atom. The highest BCUT2D eigenvalue weighted by molar-refractivity contribution is 6.17. The molecule has 0 heterocycles. The monoisotopic (exact) mass is 295 g/mol. The van der Waals surface area contributed by atoms with Crippen molar-refractivity contribution >= 4 is 23.8 Å². The number of nitrogens with one attached hydrogen (secondary N) is 1. The molecule has 1 aromatic carbocycles. The van der Waals surface area contributed by atoms with Crippen LogP contribution >= 0.6 is 11.6 Å². The van der Waals surface area contributed by atoms with E-state index in [1.54, 1.807) is 6.21 Å². The molecular weight excluding hydrogens is 274 g/mol. The summed E-state index contributed by atoms with van der Waals surface area (Å²) in [7, 11) is 0. The quantitative estimate of drug-likeness (QED) is 0.472. The number of hydrazone groups is 1. The molecule has 3 N–H and O–H groups in total. The van der Waals surface area contributed by atoms with Gasteiger partial charge in [-0.05, 0) is 41.5 Å². The first-order valence-electron chi connectivity index (χ1n) is 6.89. The molecule has 0 aliphatic carbocycles. The van der Waals surface area contributed by atoms with Gasteiger partial charge in [-0.15, -0.1) is 11.6 Å². The Hall–Kier alpha value is -1.55. The van der Waals surface area contributed by atoms with Crippen molar-refractivity contribution in [2.24, 2.45) is 10.8 Å². The van der Waals surface area contributed by atoms with E-state index in [0.29, 0.717) is 5.88 Å². The minimum absolute atomic E-state index is 0.487. The second-order valence-corrected chi connectivity index (χ2v) is 4.76. The maximum absolute atomic E-state index is 10.7. The van der Waals surface area contributed by atoms with Crippen LogP contribution in [0.4, 0.5) is 4.79 Å². The van der Waals surface area contributed by atoms with Gasteiger partial charge in [0.15, 0.2) is 0 Å². The average molecular weight is 296 g/mol. The molecule has 0 fully saturated rings. The van der Waals surface area contributed by atoms with Crippen LogP contribution in [0.2, 0.25) is 0 Å². The standard InChI is InChI=1S/C15H22ClN3O/c1-4-10-7-11(5-2)14(9-18-19-15(17)20)12(6-3)13(10)8-16/h7,9H,4-6,8H2,1-3H3,(H3,17,19,20)/b18-9+. The topological polar surface area (TPSA) is 67.5 Å². The number of carbonyl (C=O) groups is 1. The van der Waals surface area contributed by atoms with Crippen LogP contribution in [0.1, 0.15) is 48.6 Å². The van der Waals surface area contributed by atoms with Gasteiger partial charge in [-0.1, -0.05) is 26.8 Å². The fourth-order valence-corrected chi connectivity index (χ4v) is 2.76. The second kappa shape index (κ2) is 7.90. The Kier molecular flexibility index (Phi) is 6.52. The summed E-state index contributed by atoms with van der Waals surface area (Å²) in [5.41, 5.74) is 13.2. The minimum Gasteiger partial charge on any atom is -0.350 e. The largest absolute Gasteiger partial charge is 0.350 e. The molecule has 0 saturated carbocycles. The maximum atomic E-state index is 10.7. The SMILES string of the molecule is CCc1cc(CC)c(CCl)c(CC)c1/C=N/NC(N)=O. The number of urea groups is 1. The van der Waals surface area contributed by atoms with Crippen molar-refractivity contribution in [2.45, 2.75) is 45.9 Å². The van der Waals surface area contributed by atoms with E-state index >= 15 is 0 Å². The van der Waals surface area contributed by atoms with Crippen LogP contribution in [0, 0.1) is 0 Å². The van der Waals surface area contributed by atoms with Gasteiger partial charge in [0, 0.05) is 11.4 Å². The normalized spacial score (nSPS) is 11.0. The Morgan fingerprint density at radius 3 is 2.35 bits per heavy atom. The number of carbonyl (C=O) groups excluding carboxylic acids is 1. The van der Waals surface area contributed by atoms with E-state index in [-0.39, 0.29) is 0 Å². The van der Waals surface area contributed by atoms with Gasteiger partial charge in [0.25, 0.3) is 0 Å². The van der Waals surface area contributed by atoms with Crippen molar-refractivity contribution in [3.63, 3.8) is 0 Å². The number of rotatable bonds is 6. The number of halogens is 1. The molecule has 0 atom stereocenters. The van der Waals surface area contributed by atoms with Crippen molar-refractivity contribution in [1.29, 1.82) is 0 Å². The third kappa shape index (κ3) is 3.73. The number of benzene rings is 1. The number of hydrogen-bond donors (Lipinski definition) is 2. The first-order valence-corrected chi connectivity index (χ1v) is 7.43. The second-order valence-electron chi connectivity index (χ2n) is 4.49. The molecule has 0 aliphatic rings. The predicted octanol–water partition coefficient (Wildman–Crippen LogP) is 3.11. The number of aryl methyl sites for hydroxylation is 2. The lowest BCUT2D eigenvalue weighted by atomic mass is 9.89. The highest BCUT2D eigenvalue weighted by atomic mass is 35.5. The number of alkyl halides is 1. The fraction of sp³-hybridized carbons (Fsp3) is 0.467. The summed E-state index contributed by atoms with van der Waals surface area (Å²) >= 11 is 6.11. The number of hydrogen-bond acceptors (Lipinski definition) is 2. The third-order valence-electron chi connectivity index (χ3n) is 3.39. The van der Waals surface area contributed by atoms with E-state index in [9.17, 15) is 4.79 Å². The Labute approximate surface area is 125 Å². The summed E-state index contributed by atoms with van der Waals surface area (Å²) in [5.74, 6) is 0.487. The van der Waals surface area contributed by atoms with Crippen LogP contribution in [-0.2, 0) is 25.1 Å². The van der Waals surface area contributed by atoms with Crippen molar-refractivity contribution < 1.29 is 4.79 Å². The molecule has 4 nitrogen and oxygen atoms in total. The summed E-state index contributed by atoms with van der Waals surface area (Å²) in [6.45, 7) is 6.34. The Morgan fingerprint density at radius 2 is 1.90 bits per heavy atom. The van der Waals surface area contributed by atoms with Crippen LogP contribution in [0.25, 0.3) is 0 Å². The molecule has 5 heteroatoms. The van der Waals surface area contributed by atoms with Crippen LogP contribution in [0.5, 0.6) is 0 Å². The molecule has 0 aromatic heterocycles. The number of nitrogens with two attached hydrogens (primary N) is 1. The van der Waals surface area contributed by atoms with Gasteiger partial charge in [0.05, 0.1) is 6.21 Å². The molecule has 0 radical (unpaired) electrons. The van der Waals surface area contributed by atoms with E-state index in [1.807, 2.05) is 0 Å². The molecule has 1 aromatic rings. The van der Waals surface area contributed by atoms with Gasteiger partial charge in [-0.2, -0.15) is 5.10 Å². The maximum Gasteiger partial charge on any atom is 0.332 e.